The second-order valence-electron chi connectivity index (χ2n) is 7.25. The van der Waals surface area contributed by atoms with E-state index in [1.165, 1.54) is 4.90 Å². The Kier molecular flexibility index (Phi) is 5.91. The van der Waals surface area contributed by atoms with Crippen LogP contribution in [0.1, 0.15) is 15.9 Å². The van der Waals surface area contributed by atoms with E-state index in [1.54, 1.807) is 49.8 Å². The molecule has 4 rings (SSSR count). The average Bonchev–Trinajstić information content (AvgIpc) is 2.83. The highest BCUT2D eigenvalue weighted by Gasteiger charge is 2.19. The topological polar surface area (TPSA) is 75.2 Å². The number of likely N-dealkylation sites (N-methyl/N-ethyl adjacent to an activating group) is 1. The molecule has 2 aromatic heterocycles. The number of nitrogens with zero attached hydrogens (tertiary/aromatic N) is 3. The zero-order valence-electron chi connectivity index (χ0n) is 17.4. The average molecular weight is 420 g/mol. The van der Waals surface area contributed by atoms with Gasteiger partial charge in [-0.3, -0.25) is 14.6 Å². The number of benzene rings is 2. The van der Waals surface area contributed by atoms with Crippen LogP contribution in [0.2, 0.25) is 0 Å². The van der Waals surface area contributed by atoms with Crippen molar-refractivity contribution in [3.8, 4) is 23.6 Å². The standard InChI is InChI=1S/C26H20N4O2/c1-3-18-8-6-10-20(14-18)28-25(31)17-30(2)26(32)22-15-24(19-9-7-13-27-16-19)29-23-12-5-4-11-21(22)23/h1,4-16H,17H2,2H3,(H,28,31). The Bertz CT molecular complexity index is 1340. The summed E-state index contributed by atoms with van der Waals surface area (Å²) in [4.78, 5) is 36.0. The molecular formula is C26H20N4O2. The smallest absolute Gasteiger partial charge is 0.254 e. The minimum absolute atomic E-state index is 0.113. The molecule has 0 saturated carbocycles. The summed E-state index contributed by atoms with van der Waals surface area (Å²) in [5, 5.41) is 3.50. The van der Waals surface area contributed by atoms with Crippen LogP contribution in [0.15, 0.2) is 79.1 Å². The lowest BCUT2D eigenvalue weighted by atomic mass is 10.0. The van der Waals surface area contributed by atoms with E-state index in [2.05, 4.69) is 21.2 Å². The first-order valence-corrected chi connectivity index (χ1v) is 9.97. The van der Waals surface area contributed by atoms with E-state index >= 15 is 0 Å². The van der Waals surface area contributed by atoms with Crippen molar-refractivity contribution in [2.24, 2.45) is 0 Å². The monoisotopic (exact) mass is 420 g/mol. The fourth-order valence-electron chi connectivity index (χ4n) is 3.39. The van der Waals surface area contributed by atoms with Gasteiger partial charge in [-0.15, -0.1) is 6.42 Å². The van der Waals surface area contributed by atoms with E-state index in [-0.39, 0.29) is 18.4 Å². The van der Waals surface area contributed by atoms with Crippen molar-refractivity contribution in [1.29, 1.82) is 0 Å². The van der Waals surface area contributed by atoms with Crippen LogP contribution in [0.25, 0.3) is 22.2 Å². The summed E-state index contributed by atoms with van der Waals surface area (Å²) in [5.41, 5.74) is 3.86. The molecule has 6 heteroatoms. The number of terminal acetylenes is 1. The molecule has 0 unspecified atom stereocenters. The fourth-order valence-corrected chi connectivity index (χ4v) is 3.39. The zero-order valence-corrected chi connectivity index (χ0v) is 17.4. The lowest BCUT2D eigenvalue weighted by Gasteiger charge is -2.18. The molecule has 6 nitrogen and oxygen atoms in total. The molecule has 4 aromatic rings. The molecule has 0 spiro atoms. The van der Waals surface area contributed by atoms with Crippen LogP contribution in [0.4, 0.5) is 5.69 Å². The molecule has 156 valence electrons. The Balaban J connectivity index is 1.59. The van der Waals surface area contributed by atoms with E-state index in [9.17, 15) is 9.59 Å². The maximum atomic E-state index is 13.3. The SMILES string of the molecule is C#Cc1cccc(NC(=O)CN(C)C(=O)c2cc(-c3cccnc3)nc3ccccc23)c1. The van der Waals surface area contributed by atoms with Crippen LogP contribution in [-0.2, 0) is 4.79 Å². The second-order valence-corrected chi connectivity index (χ2v) is 7.25. The largest absolute Gasteiger partial charge is 0.332 e. The van der Waals surface area contributed by atoms with Gasteiger partial charge in [-0.2, -0.15) is 0 Å². The van der Waals surface area contributed by atoms with Gasteiger partial charge in [-0.1, -0.05) is 30.2 Å². The lowest BCUT2D eigenvalue weighted by molar-refractivity contribution is -0.116. The molecule has 0 aliphatic carbocycles. The van der Waals surface area contributed by atoms with Gasteiger partial charge >= 0.3 is 0 Å². The van der Waals surface area contributed by atoms with Crippen molar-refractivity contribution in [3.63, 3.8) is 0 Å². The molecule has 32 heavy (non-hydrogen) atoms. The molecule has 0 saturated heterocycles. The van der Waals surface area contributed by atoms with E-state index in [1.807, 2.05) is 36.4 Å². The number of pyridine rings is 2. The summed E-state index contributed by atoms with van der Waals surface area (Å²) in [6, 6.07) is 19.9. The molecule has 2 aromatic carbocycles. The Morgan fingerprint density at radius 1 is 1.06 bits per heavy atom. The normalized spacial score (nSPS) is 10.4. The second kappa shape index (κ2) is 9.11. The van der Waals surface area contributed by atoms with Gasteiger partial charge in [-0.05, 0) is 42.5 Å². The predicted octanol–water partition coefficient (Wildman–Crippen LogP) is 3.99. The van der Waals surface area contributed by atoms with E-state index in [0.717, 1.165) is 10.9 Å². The van der Waals surface area contributed by atoms with Gasteiger partial charge in [0.2, 0.25) is 5.91 Å². The summed E-state index contributed by atoms with van der Waals surface area (Å²) in [6.45, 7) is -0.113. The molecule has 0 aliphatic rings. The van der Waals surface area contributed by atoms with Crippen molar-refractivity contribution in [1.82, 2.24) is 14.9 Å². The number of nitrogens with one attached hydrogen (secondary N) is 1. The van der Waals surface area contributed by atoms with Crippen LogP contribution in [0.3, 0.4) is 0 Å². The number of hydrogen-bond acceptors (Lipinski definition) is 4. The van der Waals surface area contributed by atoms with Crippen LogP contribution in [0, 0.1) is 12.3 Å². The number of carbonyl (C=O) groups is 2. The summed E-state index contributed by atoms with van der Waals surface area (Å²) in [6.07, 6.45) is 8.79. The molecule has 2 heterocycles. The summed E-state index contributed by atoms with van der Waals surface area (Å²) >= 11 is 0. The molecule has 0 fully saturated rings. The maximum absolute atomic E-state index is 13.3. The number of carbonyl (C=O) groups excluding carboxylic acids is 2. The van der Waals surface area contributed by atoms with Gasteiger partial charge < -0.3 is 10.2 Å². The fraction of sp³-hybridized carbons (Fsp3) is 0.0769. The lowest BCUT2D eigenvalue weighted by Crippen LogP contribution is -2.35. The number of para-hydroxylation sites is 1. The molecule has 0 aliphatic heterocycles. The van der Waals surface area contributed by atoms with Gasteiger partial charge in [0.1, 0.15) is 0 Å². The summed E-state index contributed by atoms with van der Waals surface area (Å²) in [7, 11) is 1.60. The number of amides is 2. The van der Waals surface area contributed by atoms with Crippen LogP contribution in [0.5, 0.6) is 0 Å². The third kappa shape index (κ3) is 4.47. The van der Waals surface area contributed by atoms with Crippen LogP contribution < -0.4 is 5.32 Å². The minimum Gasteiger partial charge on any atom is -0.332 e. The molecule has 0 atom stereocenters. The number of fused-ring (bicyclic) bond motifs is 1. The molecule has 1 N–H and O–H groups in total. The van der Waals surface area contributed by atoms with Gasteiger partial charge in [0.15, 0.2) is 0 Å². The van der Waals surface area contributed by atoms with Gasteiger partial charge in [-0.25, -0.2) is 4.98 Å². The third-order valence-electron chi connectivity index (χ3n) is 4.94. The molecule has 0 bridgehead atoms. The van der Waals surface area contributed by atoms with E-state index in [4.69, 9.17) is 6.42 Å². The Morgan fingerprint density at radius 2 is 1.91 bits per heavy atom. The first kappa shape index (κ1) is 20.8. The molecule has 2 amide bonds. The van der Waals surface area contributed by atoms with Crippen molar-refractivity contribution in [3.05, 3.63) is 90.3 Å². The maximum Gasteiger partial charge on any atom is 0.254 e. The highest BCUT2D eigenvalue weighted by Crippen LogP contribution is 2.25. The first-order chi connectivity index (χ1) is 15.5. The van der Waals surface area contributed by atoms with Crippen molar-refractivity contribution >= 4 is 28.4 Å². The summed E-state index contributed by atoms with van der Waals surface area (Å²) < 4.78 is 0. The van der Waals surface area contributed by atoms with Crippen LogP contribution >= 0.6 is 0 Å². The quantitative estimate of drug-likeness (QED) is 0.496. The first-order valence-electron chi connectivity index (χ1n) is 9.97. The summed E-state index contributed by atoms with van der Waals surface area (Å²) in [5.74, 6) is 1.94. The zero-order chi connectivity index (χ0) is 22.5. The number of hydrogen-bond donors (Lipinski definition) is 1. The predicted molar refractivity (Wildman–Crippen MR) is 125 cm³/mol. The highest BCUT2D eigenvalue weighted by atomic mass is 16.2. The Labute approximate surface area is 185 Å². The molecular weight excluding hydrogens is 400 g/mol. The number of rotatable bonds is 5. The van der Waals surface area contributed by atoms with E-state index < -0.39 is 0 Å². The number of anilines is 1. The minimum atomic E-state index is -0.319. The highest BCUT2D eigenvalue weighted by molar-refractivity contribution is 6.08. The van der Waals surface area contributed by atoms with Crippen molar-refractivity contribution < 1.29 is 9.59 Å². The Morgan fingerprint density at radius 3 is 2.69 bits per heavy atom. The van der Waals surface area contributed by atoms with Gasteiger partial charge in [0.05, 0.1) is 23.3 Å². The van der Waals surface area contributed by atoms with Crippen molar-refractivity contribution in [2.75, 3.05) is 18.9 Å². The number of aromatic nitrogens is 2. The van der Waals surface area contributed by atoms with Crippen molar-refractivity contribution in [2.45, 2.75) is 0 Å². The van der Waals surface area contributed by atoms with Crippen LogP contribution in [-0.4, -0.2) is 40.3 Å². The molecule has 0 radical (unpaired) electrons. The van der Waals surface area contributed by atoms with Gasteiger partial charge in [0, 0.05) is 41.6 Å². The Hall–Kier alpha value is -4.50. The van der Waals surface area contributed by atoms with E-state index in [0.29, 0.717) is 28.0 Å². The third-order valence-corrected chi connectivity index (χ3v) is 4.94. The van der Waals surface area contributed by atoms with Gasteiger partial charge in [0.25, 0.3) is 5.91 Å².